The number of benzene rings is 3. The average molecular weight is 508 g/mol. The van der Waals surface area contributed by atoms with Crippen molar-refractivity contribution in [2.75, 3.05) is 17.2 Å². The number of carbonyl (C=O) groups is 3. The normalized spacial score (nSPS) is 13.8. The van der Waals surface area contributed by atoms with Crippen molar-refractivity contribution in [2.24, 2.45) is 0 Å². The Morgan fingerprint density at radius 2 is 1.78 bits per heavy atom. The van der Waals surface area contributed by atoms with Crippen molar-refractivity contribution in [3.63, 3.8) is 0 Å². The van der Waals surface area contributed by atoms with Gasteiger partial charge in [0.05, 0.1) is 17.1 Å². The molecule has 4 rings (SSSR count). The molecule has 3 aromatic carbocycles. The van der Waals surface area contributed by atoms with Crippen LogP contribution in [0.15, 0.2) is 77.7 Å². The molecule has 0 saturated heterocycles. The number of anilines is 2. The topological polar surface area (TPSA) is 131 Å². The number of rotatable bonds is 8. The van der Waals surface area contributed by atoms with Crippen molar-refractivity contribution < 1.29 is 27.5 Å². The molecule has 2 amide bonds. The summed E-state index contributed by atoms with van der Waals surface area (Å²) in [7, 11) is -4.12. The molecule has 3 N–H and O–H groups in total. The number of fused-ring (bicyclic) bond motifs is 1. The summed E-state index contributed by atoms with van der Waals surface area (Å²) in [4.78, 5) is 36.9. The van der Waals surface area contributed by atoms with E-state index in [2.05, 4.69) is 15.4 Å². The molecule has 1 aliphatic heterocycles. The number of carbonyl (C=O) groups excluding carboxylic acids is 3. The third-order valence-corrected chi connectivity index (χ3v) is 7.01. The fraction of sp³-hybridized carbons (Fsp3) is 0.192. The largest absolute Gasteiger partial charge is 0.462 e. The van der Waals surface area contributed by atoms with E-state index in [4.69, 9.17) is 4.74 Å². The minimum absolute atomic E-state index is 0.0181. The first-order valence-corrected chi connectivity index (χ1v) is 12.8. The number of amides is 2. The van der Waals surface area contributed by atoms with Crippen LogP contribution in [0.2, 0.25) is 0 Å². The Hall–Kier alpha value is -4.02. The van der Waals surface area contributed by atoms with E-state index in [-0.39, 0.29) is 29.4 Å². The molecule has 0 aliphatic carbocycles. The van der Waals surface area contributed by atoms with Crippen molar-refractivity contribution in [1.29, 1.82) is 0 Å². The summed E-state index contributed by atoms with van der Waals surface area (Å²) >= 11 is 0. The fourth-order valence-electron chi connectivity index (χ4n) is 3.82. The van der Waals surface area contributed by atoms with E-state index < -0.39 is 27.9 Å². The molecule has 1 atom stereocenters. The minimum atomic E-state index is -4.12. The van der Waals surface area contributed by atoms with Gasteiger partial charge in [-0.1, -0.05) is 36.4 Å². The lowest BCUT2D eigenvalue weighted by Gasteiger charge is -2.21. The van der Waals surface area contributed by atoms with Crippen LogP contribution in [0.1, 0.15) is 40.9 Å². The Morgan fingerprint density at radius 1 is 1.00 bits per heavy atom. The van der Waals surface area contributed by atoms with Gasteiger partial charge in [0.2, 0.25) is 21.8 Å². The SMILES string of the molecule is CCOC(=O)c1cccc(NC(=O)[C@@H](NS(=O)(=O)c2ccc3c(c2)CCC(=O)N3)c2ccccc2)c1. The first-order valence-electron chi connectivity index (χ1n) is 11.3. The number of aryl methyl sites for hydroxylation is 1. The second-order valence-corrected chi connectivity index (χ2v) is 9.84. The first-order chi connectivity index (χ1) is 17.3. The van der Waals surface area contributed by atoms with Crippen molar-refractivity contribution >= 4 is 39.2 Å². The van der Waals surface area contributed by atoms with Crippen LogP contribution in [0, 0.1) is 0 Å². The van der Waals surface area contributed by atoms with Gasteiger partial charge in [0, 0.05) is 17.8 Å². The molecule has 0 saturated carbocycles. The zero-order valence-electron chi connectivity index (χ0n) is 19.5. The van der Waals surface area contributed by atoms with Crippen LogP contribution in [-0.4, -0.2) is 32.8 Å². The number of hydrogen-bond acceptors (Lipinski definition) is 6. The van der Waals surface area contributed by atoms with Gasteiger partial charge in [0.25, 0.3) is 0 Å². The highest BCUT2D eigenvalue weighted by Crippen LogP contribution is 2.27. The molecule has 10 heteroatoms. The highest BCUT2D eigenvalue weighted by atomic mass is 32.2. The van der Waals surface area contributed by atoms with E-state index in [0.29, 0.717) is 28.9 Å². The average Bonchev–Trinajstić information content (AvgIpc) is 2.87. The third-order valence-electron chi connectivity index (χ3n) is 5.59. The van der Waals surface area contributed by atoms with E-state index in [0.717, 1.165) is 0 Å². The van der Waals surface area contributed by atoms with Gasteiger partial charge in [-0.25, -0.2) is 13.2 Å². The molecule has 0 unspecified atom stereocenters. The summed E-state index contributed by atoms with van der Waals surface area (Å²) in [5.74, 6) is -1.28. The summed E-state index contributed by atoms with van der Waals surface area (Å²) in [6.07, 6.45) is 0.688. The van der Waals surface area contributed by atoms with Gasteiger partial charge in [-0.15, -0.1) is 0 Å². The number of hydrogen-bond donors (Lipinski definition) is 3. The molecule has 36 heavy (non-hydrogen) atoms. The Kier molecular flexibility index (Phi) is 7.47. The van der Waals surface area contributed by atoms with Crippen LogP contribution in [0.4, 0.5) is 11.4 Å². The molecule has 0 aromatic heterocycles. The van der Waals surface area contributed by atoms with E-state index >= 15 is 0 Å². The van der Waals surface area contributed by atoms with E-state index in [1.54, 1.807) is 61.5 Å². The molecule has 0 fully saturated rings. The van der Waals surface area contributed by atoms with E-state index in [1.165, 1.54) is 18.2 Å². The van der Waals surface area contributed by atoms with Crippen molar-refractivity contribution in [2.45, 2.75) is 30.7 Å². The second-order valence-electron chi connectivity index (χ2n) is 8.12. The van der Waals surface area contributed by atoms with Crippen molar-refractivity contribution in [3.05, 3.63) is 89.5 Å². The van der Waals surface area contributed by atoms with Gasteiger partial charge in [-0.3, -0.25) is 9.59 Å². The first kappa shape index (κ1) is 25.1. The Bertz CT molecular complexity index is 1410. The molecule has 9 nitrogen and oxygen atoms in total. The maximum Gasteiger partial charge on any atom is 0.338 e. The fourth-order valence-corrected chi connectivity index (χ4v) is 5.06. The molecule has 0 spiro atoms. The zero-order chi connectivity index (χ0) is 25.7. The van der Waals surface area contributed by atoms with Gasteiger partial charge in [-0.2, -0.15) is 4.72 Å². The monoisotopic (exact) mass is 507 g/mol. The molecule has 186 valence electrons. The van der Waals surface area contributed by atoms with Crippen LogP contribution >= 0.6 is 0 Å². The van der Waals surface area contributed by atoms with Gasteiger partial charge >= 0.3 is 5.97 Å². The minimum Gasteiger partial charge on any atom is -0.462 e. The highest BCUT2D eigenvalue weighted by Gasteiger charge is 2.28. The Morgan fingerprint density at radius 3 is 2.53 bits per heavy atom. The molecule has 1 aliphatic rings. The van der Waals surface area contributed by atoms with E-state index in [1.807, 2.05) is 0 Å². The zero-order valence-corrected chi connectivity index (χ0v) is 20.3. The van der Waals surface area contributed by atoms with Crippen LogP contribution in [0.25, 0.3) is 0 Å². The summed E-state index contributed by atoms with van der Waals surface area (Å²) < 4.78 is 34.1. The number of sulfonamides is 1. The third kappa shape index (κ3) is 5.78. The lowest BCUT2D eigenvalue weighted by molar-refractivity contribution is -0.118. The highest BCUT2D eigenvalue weighted by molar-refractivity contribution is 7.89. The molecule has 0 bridgehead atoms. The standard InChI is InChI=1S/C26H25N3O6S/c1-2-35-26(32)19-9-6-10-20(15-19)27-25(31)24(17-7-4-3-5-8-17)29-36(33,34)21-12-13-22-18(16-21)11-14-23(30)28-22/h3-10,12-13,15-16,24,29H,2,11,14H2,1H3,(H,27,31)(H,28,30)/t24-/m0/s1. The van der Waals surface area contributed by atoms with Crippen LogP contribution in [0.3, 0.4) is 0 Å². The molecular formula is C26H25N3O6S. The molecule has 0 radical (unpaired) electrons. The number of esters is 1. The summed E-state index contributed by atoms with van der Waals surface area (Å²) in [6.45, 7) is 1.90. The van der Waals surface area contributed by atoms with Crippen molar-refractivity contribution in [1.82, 2.24) is 4.72 Å². The van der Waals surface area contributed by atoms with E-state index in [9.17, 15) is 22.8 Å². The molecule has 3 aromatic rings. The maximum atomic E-state index is 13.3. The van der Waals surface area contributed by atoms with Gasteiger partial charge in [0.15, 0.2) is 0 Å². The summed E-state index contributed by atoms with van der Waals surface area (Å²) in [5, 5.41) is 5.41. The number of nitrogens with one attached hydrogen (secondary N) is 3. The summed E-state index contributed by atoms with van der Waals surface area (Å²) in [6, 6.07) is 17.8. The Balaban J connectivity index is 1.60. The lowest BCUT2D eigenvalue weighted by Crippen LogP contribution is -2.37. The second kappa shape index (κ2) is 10.7. The molecule has 1 heterocycles. The maximum absolute atomic E-state index is 13.3. The van der Waals surface area contributed by atoms with Gasteiger partial charge < -0.3 is 15.4 Å². The molecular weight excluding hydrogens is 482 g/mol. The van der Waals surface area contributed by atoms with Crippen LogP contribution in [-0.2, 0) is 30.8 Å². The number of ether oxygens (including phenoxy) is 1. The predicted molar refractivity (Wildman–Crippen MR) is 134 cm³/mol. The van der Waals surface area contributed by atoms with Crippen molar-refractivity contribution in [3.8, 4) is 0 Å². The van der Waals surface area contributed by atoms with Gasteiger partial charge in [-0.05, 0) is 60.9 Å². The van der Waals surface area contributed by atoms with Crippen LogP contribution < -0.4 is 15.4 Å². The smallest absolute Gasteiger partial charge is 0.338 e. The summed E-state index contributed by atoms with van der Waals surface area (Å²) in [5.41, 5.74) is 2.28. The quantitative estimate of drug-likeness (QED) is 0.401. The van der Waals surface area contributed by atoms with Gasteiger partial charge in [0.1, 0.15) is 6.04 Å². The Labute approximate surface area is 208 Å². The lowest BCUT2D eigenvalue weighted by atomic mass is 10.0. The predicted octanol–water partition coefficient (Wildman–Crippen LogP) is 3.41. The van der Waals surface area contributed by atoms with Crippen LogP contribution in [0.5, 0.6) is 0 Å².